The van der Waals surface area contributed by atoms with E-state index in [1.54, 1.807) is 0 Å². The van der Waals surface area contributed by atoms with Gasteiger partial charge in [-0.25, -0.2) is 0 Å². The molecule has 3 rings (SSSR count). The van der Waals surface area contributed by atoms with Gasteiger partial charge in [-0.05, 0) is 62.9 Å². The Labute approximate surface area is 123 Å². The third-order valence-corrected chi connectivity index (χ3v) is 6.09. The maximum atomic E-state index is 12.6. The highest BCUT2D eigenvalue weighted by molar-refractivity contribution is 5.82. The number of rotatable bonds is 4. The van der Waals surface area contributed by atoms with Crippen molar-refractivity contribution >= 4 is 5.91 Å². The number of carbonyl (C=O) groups is 1. The molecular weight excluding hydrogens is 248 g/mol. The lowest BCUT2D eigenvalue weighted by atomic mass is 9.82. The van der Waals surface area contributed by atoms with Crippen LogP contribution in [0.25, 0.3) is 0 Å². The van der Waals surface area contributed by atoms with E-state index in [1.807, 2.05) is 0 Å². The van der Waals surface area contributed by atoms with Crippen LogP contribution in [0.1, 0.15) is 64.7 Å². The molecule has 2 atom stereocenters. The van der Waals surface area contributed by atoms with E-state index in [9.17, 15) is 4.79 Å². The van der Waals surface area contributed by atoms with Crippen LogP contribution in [0.2, 0.25) is 0 Å². The molecule has 0 aromatic heterocycles. The normalized spacial score (nSPS) is 30.9. The molecule has 1 amide bonds. The number of hydrogen-bond donors (Lipinski definition) is 2. The first kappa shape index (κ1) is 14.4. The van der Waals surface area contributed by atoms with Gasteiger partial charge in [-0.2, -0.15) is 0 Å². The molecule has 0 radical (unpaired) electrons. The highest BCUT2D eigenvalue weighted by Crippen LogP contribution is 2.58. The van der Waals surface area contributed by atoms with Crippen molar-refractivity contribution in [2.45, 2.75) is 70.8 Å². The summed E-state index contributed by atoms with van der Waals surface area (Å²) in [5.74, 6) is 1.42. The predicted octanol–water partition coefficient (Wildman–Crippen LogP) is 2.85. The van der Waals surface area contributed by atoms with Crippen LogP contribution < -0.4 is 10.6 Å². The van der Waals surface area contributed by atoms with Crippen molar-refractivity contribution < 1.29 is 4.79 Å². The number of carbonyl (C=O) groups excluding carboxylic acids is 1. The van der Waals surface area contributed by atoms with Gasteiger partial charge in [-0.1, -0.05) is 26.2 Å². The Morgan fingerprint density at radius 2 is 1.95 bits per heavy atom. The van der Waals surface area contributed by atoms with Crippen molar-refractivity contribution in [3.63, 3.8) is 0 Å². The van der Waals surface area contributed by atoms with E-state index in [0.29, 0.717) is 23.3 Å². The van der Waals surface area contributed by atoms with Gasteiger partial charge in [-0.15, -0.1) is 0 Å². The van der Waals surface area contributed by atoms with Crippen LogP contribution in [0.15, 0.2) is 0 Å². The average Bonchev–Trinajstić information content (AvgIpc) is 3.19. The SMILES string of the molecule is CCC(NC(=O)C1CC12CCNCC2)C1CCCCC1. The molecule has 2 N–H and O–H groups in total. The Bertz CT molecular complexity index is 343. The van der Waals surface area contributed by atoms with E-state index in [0.717, 1.165) is 31.8 Å². The topological polar surface area (TPSA) is 41.1 Å². The lowest BCUT2D eigenvalue weighted by Gasteiger charge is -2.31. The van der Waals surface area contributed by atoms with E-state index in [1.165, 1.54) is 44.9 Å². The maximum Gasteiger partial charge on any atom is 0.223 e. The quantitative estimate of drug-likeness (QED) is 0.830. The summed E-state index contributed by atoms with van der Waals surface area (Å²) in [6, 6.07) is 0.433. The van der Waals surface area contributed by atoms with Crippen molar-refractivity contribution in [1.82, 2.24) is 10.6 Å². The molecule has 2 saturated carbocycles. The molecule has 1 heterocycles. The molecule has 3 heteroatoms. The van der Waals surface area contributed by atoms with Gasteiger partial charge in [0.05, 0.1) is 0 Å². The zero-order valence-electron chi connectivity index (χ0n) is 12.9. The molecule has 1 aliphatic heterocycles. The summed E-state index contributed by atoms with van der Waals surface area (Å²) in [6.45, 7) is 4.43. The number of nitrogens with one attached hydrogen (secondary N) is 2. The second kappa shape index (κ2) is 6.05. The number of piperidine rings is 1. The molecule has 0 bridgehead atoms. The summed E-state index contributed by atoms with van der Waals surface area (Å²) in [4.78, 5) is 12.6. The predicted molar refractivity (Wildman–Crippen MR) is 81.4 cm³/mol. The summed E-state index contributed by atoms with van der Waals surface area (Å²) in [5, 5.41) is 6.82. The van der Waals surface area contributed by atoms with E-state index in [-0.39, 0.29) is 0 Å². The van der Waals surface area contributed by atoms with Crippen LogP contribution in [0.4, 0.5) is 0 Å². The Hall–Kier alpha value is -0.570. The fourth-order valence-corrected chi connectivity index (χ4v) is 4.57. The third kappa shape index (κ3) is 2.88. The molecule has 1 saturated heterocycles. The highest BCUT2D eigenvalue weighted by Gasteiger charge is 2.57. The molecule has 2 unspecified atom stereocenters. The van der Waals surface area contributed by atoms with Crippen LogP contribution in [0, 0.1) is 17.3 Å². The third-order valence-electron chi connectivity index (χ3n) is 6.09. The Morgan fingerprint density at radius 1 is 1.25 bits per heavy atom. The monoisotopic (exact) mass is 278 g/mol. The number of amides is 1. The Kier molecular flexibility index (Phi) is 4.34. The van der Waals surface area contributed by atoms with Crippen LogP contribution in [0.3, 0.4) is 0 Å². The Balaban J connectivity index is 1.52. The second-order valence-corrected chi connectivity index (χ2v) is 7.29. The van der Waals surface area contributed by atoms with Gasteiger partial charge in [0.25, 0.3) is 0 Å². The summed E-state index contributed by atoms with van der Waals surface area (Å²) < 4.78 is 0. The van der Waals surface area contributed by atoms with E-state index in [4.69, 9.17) is 0 Å². The molecular formula is C17H30N2O. The first-order valence-electron chi connectivity index (χ1n) is 8.76. The second-order valence-electron chi connectivity index (χ2n) is 7.29. The molecule has 0 aromatic carbocycles. The average molecular weight is 278 g/mol. The molecule has 3 nitrogen and oxygen atoms in total. The van der Waals surface area contributed by atoms with Gasteiger partial charge in [0, 0.05) is 12.0 Å². The van der Waals surface area contributed by atoms with Crippen LogP contribution in [0.5, 0.6) is 0 Å². The van der Waals surface area contributed by atoms with Crippen LogP contribution in [-0.4, -0.2) is 25.0 Å². The first-order valence-corrected chi connectivity index (χ1v) is 8.76. The zero-order valence-corrected chi connectivity index (χ0v) is 12.9. The number of hydrogen-bond acceptors (Lipinski definition) is 2. The van der Waals surface area contributed by atoms with Crippen molar-refractivity contribution in [2.75, 3.05) is 13.1 Å². The van der Waals surface area contributed by atoms with Gasteiger partial charge in [-0.3, -0.25) is 4.79 Å². The van der Waals surface area contributed by atoms with Gasteiger partial charge in [0.1, 0.15) is 0 Å². The minimum absolute atomic E-state index is 0.322. The van der Waals surface area contributed by atoms with Gasteiger partial charge in [0.2, 0.25) is 5.91 Å². The van der Waals surface area contributed by atoms with Crippen LogP contribution >= 0.6 is 0 Å². The van der Waals surface area contributed by atoms with Crippen molar-refractivity contribution in [3.8, 4) is 0 Å². The van der Waals surface area contributed by atoms with Crippen molar-refractivity contribution in [3.05, 3.63) is 0 Å². The molecule has 1 spiro atoms. The largest absolute Gasteiger partial charge is 0.353 e. The molecule has 3 aliphatic rings. The highest BCUT2D eigenvalue weighted by atomic mass is 16.2. The molecule has 2 aliphatic carbocycles. The molecule has 20 heavy (non-hydrogen) atoms. The summed E-state index contributed by atoms with van der Waals surface area (Å²) in [6.07, 6.45) is 11.4. The zero-order chi connectivity index (χ0) is 14.0. The minimum atomic E-state index is 0.322. The fraction of sp³-hybridized carbons (Fsp3) is 0.941. The van der Waals surface area contributed by atoms with Crippen molar-refractivity contribution in [2.24, 2.45) is 17.3 Å². The van der Waals surface area contributed by atoms with Gasteiger partial charge in [0.15, 0.2) is 0 Å². The fourth-order valence-electron chi connectivity index (χ4n) is 4.57. The van der Waals surface area contributed by atoms with E-state index < -0.39 is 0 Å². The smallest absolute Gasteiger partial charge is 0.223 e. The van der Waals surface area contributed by atoms with Crippen molar-refractivity contribution in [1.29, 1.82) is 0 Å². The minimum Gasteiger partial charge on any atom is -0.353 e. The molecule has 114 valence electrons. The lowest BCUT2D eigenvalue weighted by molar-refractivity contribution is -0.124. The van der Waals surface area contributed by atoms with Gasteiger partial charge >= 0.3 is 0 Å². The van der Waals surface area contributed by atoms with Gasteiger partial charge < -0.3 is 10.6 Å². The summed E-state index contributed by atoms with van der Waals surface area (Å²) in [5.41, 5.74) is 0.375. The lowest BCUT2D eigenvalue weighted by Crippen LogP contribution is -2.42. The van der Waals surface area contributed by atoms with E-state index >= 15 is 0 Å². The van der Waals surface area contributed by atoms with E-state index in [2.05, 4.69) is 17.6 Å². The standard InChI is InChI=1S/C17H30N2O/c1-2-15(13-6-4-3-5-7-13)19-16(20)14-12-17(14)8-10-18-11-9-17/h13-15,18H,2-12H2,1H3,(H,19,20). The molecule has 0 aromatic rings. The summed E-state index contributed by atoms with van der Waals surface area (Å²) >= 11 is 0. The molecule has 3 fully saturated rings. The Morgan fingerprint density at radius 3 is 2.60 bits per heavy atom. The maximum absolute atomic E-state index is 12.6. The summed E-state index contributed by atoms with van der Waals surface area (Å²) in [7, 11) is 0. The first-order chi connectivity index (χ1) is 9.75. The van der Waals surface area contributed by atoms with Crippen LogP contribution in [-0.2, 0) is 4.79 Å².